The number of nitrogens with one attached hydrogen (secondary N) is 1. The number of amides is 3. The van der Waals surface area contributed by atoms with E-state index in [1.165, 1.54) is 11.8 Å². The molecule has 3 amide bonds. The lowest BCUT2D eigenvalue weighted by molar-refractivity contribution is -0.117. The van der Waals surface area contributed by atoms with Crippen LogP contribution < -0.4 is 11.1 Å². The normalized spacial score (nSPS) is 10.6. The van der Waals surface area contributed by atoms with Crippen LogP contribution in [0.3, 0.4) is 0 Å². The number of nitrogens with zero attached hydrogens (tertiary/aromatic N) is 2. The summed E-state index contributed by atoms with van der Waals surface area (Å²) in [7, 11) is 0. The highest BCUT2D eigenvalue weighted by atomic mass is 32.2. The molecule has 0 saturated heterocycles. The van der Waals surface area contributed by atoms with Gasteiger partial charge < -0.3 is 10.3 Å². The number of imidazole rings is 1. The standard InChI is InChI=1S/C25H22N4O2S/c26-24(31)27-21(30)17-32-25-28-22(19-12-6-2-7-13-19)23(20-14-8-3-9-15-20)29(25)16-18-10-4-1-5-11-18/h1-15H,16-17H2,(H3,26,27,30,31). The molecule has 6 nitrogen and oxygen atoms in total. The van der Waals surface area contributed by atoms with E-state index < -0.39 is 11.9 Å². The van der Waals surface area contributed by atoms with E-state index in [2.05, 4.69) is 34.1 Å². The van der Waals surface area contributed by atoms with Gasteiger partial charge in [0.05, 0.1) is 23.7 Å². The van der Waals surface area contributed by atoms with E-state index in [0.717, 1.165) is 28.1 Å². The number of thioether (sulfide) groups is 1. The molecule has 0 fully saturated rings. The van der Waals surface area contributed by atoms with Gasteiger partial charge >= 0.3 is 6.03 Å². The Balaban J connectivity index is 1.83. The third-order valence-electron chi connectivity index (χ3n) is 4.81. The van der Waals surface area contributed by atoms with Gasteiger partial charge in [0.1, 0.15) is 0 Å². The molecule has 160 valence electrons. The fourth-order valence-electron chi connectivity index (χ4n) is 3.44. The Morgan fingerprint density at radius 2 is 1.41 bits per heavy atom. The Morgan fingerprint density at radius 3 is 2.00 bits per heavy atom. The maximum atomic E-state index is 12.1. The molecule has 0 aliphatic rings. The molecule has 0 bridgehead atoms. The van der Waals surface area contributed by atoms with Crippen LogP contribution in [0.1, 0.15) is 5.56 Å². The molecule has 1 aromatic heterocycles. The van der Waals surface area contributed by atoms with Crippen molar-refractivity contribution in [1.29, 1.82) is 0 Å². The Labute approximate surface area is 190 Å². The van der Waals surface area contributed by atoms with E-state index in [0.29, 0.717) is 11.7 Å². The van der Waals surface area contributed by atoms with Crippen molar-refractivity contribution in [3.05, 3.63) is 96.6 Å². The van der Waals surface area contributed by atoms with Crippen LogP contribution in [0.5, 0.6) is 0 Å². The smallest absolute Gasteiger partial charge is 0.318 e. The third kappa shape index (κ3) is 5.07. The molecule has 0 aliphatic heterocycles. The van der Waals surface area contributed by atoms with Crippen LogP contribution in [0, 0.1) is 0 Å². The zero-order valence-electron chi connectivity index (χ0n) is 17.3. The number of urea groups is 1. The van der Waals surface area contributed by atoms with E-state index in [1.807, 2.05) is 66.7 Å². The van der Waals surface area contributed by atoms with Crippen LogP contribution in [0.2, 0.25) is 0 Å². The Morgan fingerprint density at radius 1 is 0.844 bits per heavy atom. The highest BCUT2D eigenvalue weighted by Crippen LogP contribution is 2.36. The molecule has 1 heterocycles. The minimum absolute atomic E-state index is 0.0250. The van der Waals surface area contributed by atoms with Gasteiger partial charge in [-0.15, -0.1) is 0 Å². The number of rotatable bonds is 7. The average Bonchev–Trinajstić information content (AvgIpc) is 3.17. The van der Waals surface area contributed by atoms with Gasteiger partial charge in [-0.05, 0) is 5.56 Å². The predicted molar refractivity (Wildman–Crippen MR) is 127 cm³/mol. The largest absolute Gasteiger partial charge is 0.351 e. The third-order valence-corrected chi connectivity index (χ3v) is 5.78. The van der Waals surface area contributed by atoms with Crippen molar-refractivity contribution in [3.8, 4) is 22.5 Å². The quantitative estimate of drug-likeness (QED) is 0.411. The molecule has 32 heavy (non-hydrogen) atoms. The van der Waals surface area contributed by atoms with Crippen molar-refractivity contribution >= 4 is 23.7 Å². The number of carbonyl (C=O) groups excluding carboxylic acids is 2. The molecule has 0 spiro atoms. The first-order valence-electron chi connectivity index (χ1n) is 10.1. The minimum Gasteiger partial charge on any atom is -0.351 e. The van der Waals surface area contributed by atoms with Gasteiger partial charge in [-0.1, -0.05) is 103 Å². The van der Waals surface area contributed by atoms with Crippen molar-refractivity contribution in [3.63, 3.8) is 0 Å². The number of carbonyl (C=O) groups is 2. The molecular weight excluding hydrogens is 420 g/mol. The molecule has 0 radical (unpaired) electrons. The fraction of sp³-hybridized carbons (Fsp3) is 0.0800. The summed E-state index contributed by atoms with van der Waals surface area (Å²) >= 11 is 1.27. The van der Waals surface area contributed by atoms with Crippen LogP contribution in [-0.4, -0.2) is 27.2 Å². The lowest BCUT2D eigenvalue weighted by atomic mass is 10.0. The summed E-state index contributed by atoms with van der Waals surface area (Å²) in [6.45, 7) is 0.588. The predicted octanol–water partition coefficient (Wildman–Crippen LogP) is 4.55. The first kappa shape index (κ1) is 21.4. The Bertz CT molecular complexity index is 1210. The van der Waals surface area contributed by atoms with E-state index in [9.17, 15) is 9.59 Å². The van der Waals surface area contributed by atoms with Gasteiger partial charge in [-0.3, -0.25) is 10.1 Å². The SMILES string of the molecule is NC(=O)NC(=O)CSc1nc(-c2ccccc2)c(-c2ccccc2)n1Cc1ccccc1. The van der Waals surface area contributed by atoms with Gasteiger partial charge in [0.15, 0.2) is 5.16 Å². The summed E-state index contributed by atoms with van der Waals surface area (Å²) in [5, 5.41) is 2.80. The summed E-state index contributed by atoms with van der Waals surface area (Å²) in [5.41, 5.74) is 10.0. The van der Waals surface area contributed by atoms with Gasteiger partial charge in [0.25, 0.3) is 0 Å². The van der Waals surface area contributed by atoms with Crippen LogP contribution >= 0.6 is 11.8 Å². The molecule has 0 saturated carbocycles. The average molecular weight is 443 g/mol. The number of primary amides is 1. The van der Waals surface area contributed by atoms with Crippen molar-refractivity contribution in [2.24, 2.45) is 5.73 Å². The summed E-state index contributed by atoms with van der Waals surface area (Å²) < 4.78 is 2.12. The maximum Gasteiger partial charge on any atom is 0.318 e. The van der Waals surface area contributed by atoms with Gasteiger partial charge in [-0.2, -0.15) is 0 Å². The maximum absolute atomic E-state index is 12.1. The van der Waals surface area contributed by atoms with Gasteiger partial charge in [0.2, 0.25) is 5.91 Å². The van der Waals surface area contributed by atoms with Crippen LogP contribution in [0.25, 0.3) is 22.5 Å². The van der Waals surface area contributed by atoms with E-state index in [-0.39, 0.29) is 5.75 Å². The zero-order chi connectivity index (χ0) is 22.3. The van der Waals surface area contributed by atoms with Crippen molar-refractivity contribution in [2.75, 3.05) is 5.75 Å². The minimum atomic E-state index is -0.863. The lowest BCUT2D eigenvalue weighted by Gasteiger charge is -2.13. The number of hydrogen-bond donors (Lipinski definition) is 2. The summed E-state index contributed by atoms with van der Waals surface area (Å²) in [4.78, 5) is 28.0. The number of benzene rings is 3. The van der Waals surface area contributed by atoms with Crippen molar-refractivity contribution < 1.29 is 9.59 Å². The molecule has 0 unspecified atom stereocenters. The zero-order valence-corrected chi connectivity index (χ0v) is 18.1. The van der Waals surface area contributed by atoms with E-state index in [1.54, 1.807) is 0 Å². The number of aromatic nitrogens is 2. The number of imide groups is 1. The highest BCUT2D eigenvalue weighted by Gasteiger charge is 2.21. The van der Waals surface area contributed by atoms with Crippen molar-refractivity contribution in [1.82, 2.24) is 14.9 Å². The Kier molecular flexibility index (Phi) is 6.67. The summed E-state index contributed by atoms with van der Waals surface area (Å²) in [5.74, 6) is -0.434. The first-order valence-corrected chi connectivity index (χ1v) is 11.1. The second-order valence-electron chi connectivity index (χ2n) is 7.10. The van der Waals surface area contributed by atoms with E-state index >= 15 is 0 Å². The molecule has 4 aromatic rings. The fourth-order valence-corrected chi connectivity index (χ4v) is 4.24. The topological polar surface area (TPSA) is 90.0 Å². The van der Waals surface area contributed by atoms with Gasteiger partial charge in [-0.25, -0.2) is 9.78 Å². The summed E-state index contributed by atoms with van der Waals surface area (Å²) in [6.07, 6.45) is 0. The second-order valence-corrected chi connectivity index (χ2v) is 8.04. The lowest BCUT2D eigenvalue weighted by Crippen LogP contribution is -2.36. The Hall–Kier alpha value is -3.84. The molecule has 7 heteroatoms. The second kappa shape index (κ2) is 9.98. The van der Waals surface area contributed by atoms with Crippen molar-refractivity contribution in [2.45, 2.75) is 11.7 Å². The molecule has 3 aromatic carbocycles. The molecule has 4 rings (SSSR count). The molecular formula is C25H22N4O2S. The summed E-state index contributed by atoms with van der Waals surface area (Å²) in [6, 6.07) is 29.3. The van der Waals surface area contributed by atoms with Crippen LogP contribution in [0.4, 0.5) is 4.79 Å². The van der Waals surface area contributed by atoms with Crippen LogP contribution in [0.15, 0.2) is 96.2 Å². The number of nitrogens with two attached hydrogens (primary N) is 1. The highest BCUT2D eigenvalue weighted by molar-refractivity contribution is 7.99. The number of hydrogen-bond acceptors (Lipinski definition) is 4. The van der Waals surface area contributed by atoms with Gasteiger partial charge in [0, 0.05) is 11.1 Å². The van der Waals surface area contributed by atoms with E-state index in [4.69, 9.17) is 10.7 Å². The first-order chi connectivity index (χ1) is 15.6. The van der Waals surface area contributed by atoms with Crippen LogP contribution in [-0.2, 0) is 11.3 Å². The molecule has 3 N–H and O–H groups in total. The monoisotopic (exact) mass is 442 g/mol. The molecule has 0 atom stereocenters. The molecule has 0 aliphatic carbocycles.